The van der Waals surface area contributed by atoms with Gasteiger partial charge in [-0.05, 0) is 43.5 Å². The van der Waals surface area contributed by atoms with E-state index >= 15 is 0 Å². The number of carbonyl (C=O) groups is 2. The Balaban J connectivity index is 1.96. The first-order valence-electron chi connectivity index (χ1n) is 7.90. The van der Waals surface area contributed by atoms with Gasteiger partial charge in [0, 0.05) is 6.42 Å². The summed E-state index contributed by atoms with van der Waals surface area (Å²) in [6.07, 6.45) is 3.90. The second-order valence-electron chi connectivity index (χ2n) is 6.23. The van der Waals surface area contributed by atoms with E-state index in [-0.39, 0.29) is 5.78 Å². The van der Waals surface area contributed by atoms with Crippen molar-refractivity contribution in [2.75, 3.05) is 0 Å². The first-order chi connectivity index (χ1) is 11.0. The van der Waals surface area contributed by atoms with E-state index in [0.717, 1.165) is 22.8 Å². The fraction of sp³-hybridized carbons (Fsp3) is 0.300. The monoisotopic (exact) mass is 308 g/mol. The molecule has 2 aromatic rings. The maximum atomic E-state index is 12.7. The molecule has 3 nitrogen and oxygen atoms in total. The van der Waals surface area contributed by atoms with Crippen LogP contribution in [-0.2, 0) is 9.53 Å². The van der Waals surface area contributed by atoms with E-state index in [0.29, 0.717) is 18.4 Å². The second-order valence-corrected chi connectivity index (χ2v) is 6.23. The van der Waals surface area contributed by atoms with Crippen LogP contribution in [0.5, 0.6) is 0 Å². The molecule has 23 heavy (non-hydrogen) atoms. The van der Waals surface area contributed by atoms with Gasteiger partial charge in [-0.3, -0.25) is 4.79 Å². The molecule has 1 unspecified atom stereocenters. The van der Waals surface area contributed by atoms with E-state index in [9.17, 15) is 9.59 Å². The third-order valence-corrected chi connectivity index (χ3v) is 4.54. The Labute approximate surface area is 136 Å². The summed E-state index contributed by atoms with van der Waals surface area (Å²) in [5.41, 5.74) is 0.584. The van der Waals surface area contributed by atoms with E-state index in [2.05, 4.69) is 6.08 Å². The zero-order valence-electron chi connectivity index (χ0n) is 13.5. The fourth-order valence-electron chi connectivity index (χ4n) is 3.26. The van der Waals surface area contributed by atoms with Gasteiger partial charge >= 0.3 is 5.97 Å². The molecule has 3 heteroatoms. The molecule has 0 amide bonds. The van der Waals surface area contributed by atoms with E-state index in [1.807, 2.05) is 43.3 Å². The summed E-state index contributed by atoms with van der Waals surface area (Å²) in [7, 11) is 0. The molecule has 1 aliphatic rings. The number of fused-ring (bicyclic) bond motifs is 1. The SMILES string of the molecule is CC(=O)C1(OC(=O)c2cccc3ccccc23)CCC=C(C)C1. The summed E-state index contributed by atoms with van der Waals surface area (Å²) in [6, 6.07) is 13.2. The number of benzene rings is 2. The Hall–Kier alpha value is -2.42. The van der Waals surface area contributed by atoms with Crippen molar-refractivity contribution in [1.29, 1.82) is 0 Å². The molecule has 0 aliphatic heterocycles. The third-order valence-electron chi connectivity index (χ3n) is 4.54. The van der Waals surface area contributed by atoms with Crippen molar-refractivity contribution >= 4 is 22.5 Å². The quantitative estimate of drug-likeness (QED) is 0.621. The number of esters is 1. The third kappa shape index (κ3) is 2.91. The van der Waals surface area contributed by atoms with E-state index in [1.54, 1.807) is 6.07 Å². The van der Waals surface area contributed by atoms with Crippen molar-refractivity contribution in [3.63, 3.8) is 0 Å². The van der Waals surface area contributed by atoms with E-state index < -0.39 is 11.6 Å². The molecular formula is C20H20O3. The van der Waals surface area contributed by atoms with Crippen LogP contribution in [0.3, 0.4) is 0 Å². The van der Waals surface area contributed by atoms with Crippen molar-refractivity contribution in [2.24, 2.45) is 0 Å². The van der Waals surface area contributed by atoms with Crippen LogP contribution in [0.1, 0.15) is 43.5 Å². The van der Waals surface area contributed by atoms with Gasteiger partial charge in [-0.15, -0.1) is 0 Å². The topological polar surface area (TPSA) is 43.4 Å². The molecule has 0 heterocycles. The molecule has 118 valence electrons. The molecule has 1 atom stereocenters. The van der Waals surface area contributed by atoms with Gasteiger partial charge in [0.25, 0.3) is 0 Å². The Morgan fingerprint density at radius 3 is 2.57 bits per heavy atom. The lowest BCUT2D eigenvalue weighted by Gasteiger charge is -2.34. The summed E-state index contributed by atoms with van der Waals surface area (Å²) in [4.78, 5) is 24.9. The number of ketones is 1. The Kier molecular flexibility index (Phi) is 4.03. The van der Waals surface area contributed by atoms with E-state index in [4.69, 9.17) is 4.74 Å². The van der Waals surface area contributed by atoms with Crippen LogP contribution < -0.4 is 0 Å². The Morgan fingerprint density at radius 2 is 1.83 bits per heavy atom. The van der Waals surface area contributed by atoms with Crippen molar-refractivity contribution in [2.45, 2.75) is 38.7 Å². The number of allylic oxidation sites excluding steroid dienone is 1. The van der Waals surface area contributed by atoms with Crippen LogP contribution in [-0.4, -0.2) is 17.4 Å². The minimum atomic E-state index is -1.02. The summed E-state index contributed by atoms with van der Waals surface area (Å²) in [5, 5.41) is 1.83. The number of carbonyl (C=O) groups excluding carboxylic acids is 2. The molecule has 2 aromatic carbocycles. The molecule has 0 spiro atoms. The number of hydrogen-bond acceptors (Lipinski definition) is 3. The maximum absolute atomic E-state index is 12.7. The van der Waals surface area contributed by atoms with Crippen molar-refractivity contribution < 1.29 is 14.3 Å². The summed E-state index contributed by atoms with van der Waals surface area (Å²) in [6.45, 7) is 3.48. The lowest BCUT2D eigenvalue weighted by atomic mass is 9.82. The van der Waals surface area contributed by atoms with Gasteiger partial charge in [-0.2, -0.15) is 0 Å². The van der Waals surface area contributed by atoms with Gasteiger partial charge < -0.3 is 4.74 Å². The molecule has 1 aliphatic carbocycles. The molecule has 0 bridgehead atoms. The summed E-state index contributed by atoms with van der Waals surface area (Å²) < 4.78 is 5.78. The average molecular weight is 308 g/mol. The molecule has 0 aromatic heterocycles. The second kappa shape index (κ2) is 5.99. The van der Waals surface area contributed by atoms with Crippen LogP contribution in [0.15, 0.2) is 54.1 Å². The van der Waals surface area contributed by atoms with Crippen LogP contribution in [0.25, 0.3) is 10.8 Å². The summed E-state index contributed by atoms with van der Waals surface area (Å²) in [5.74, 6) is -0.509. The standard InChI is InChI=1S/C20H20O3/c1-14-7-6-12-20(13-14,15(2)21)23-19(22)18-11-5-9-16-8-3-4-10-17(16)18/h3-5,7-11H,6,12-13H2,1-2H3. The zero-order chi connectivity index (χ0) is 16.4. The van der Waals surface area contributed by atoms with Crippen LogP contribution in [0.4, 0.5) is 0 Å². The van der Waals surface area contributed by atoms with Crippen LogP contribution in [0.2, 0.25) is 0 Å². The normalized spacial score (nSPS) is 20.9. The van der Waals surface area contributed by atoms with Gasteiger partial charge in [0.05, 0.1) is 5.56 Å². The number of hydrogen-bond donors (Lipinski definition) is 0. The molecule has 0 N–H and O–H groups in total. The van der Waals surface area contributed by atoms with Gasteiger partial charge in [-0.25, -0.2) is 4.79 Å². The molecule has 0 saturated heterocycles. The Morgan fingerprint density at radius 1 is 1.09 bits per heavy atom. The van der Waals surface area contributed by atoms with E-state index in [1.165, 1.54) is 6.92 Å². The van der Waals surface area contributed by atoms with Crippen molar-refractivity contribution in [3.05, 3.63) is 59.7 Å². The molecule has 0 fully saturated rings. The first kappa shape index (κ1) is 15.5. The first-order valence-corrected chi connectivity index (χ1v) is 7.90. The molecular weight excluding hydrogens is 288 g/mol. The number of rotatable bonds is 3. The number of Topliss-reactive ketones (excluding diaryl/α,β-unsaturated/α-hetero) is 1. The zero-order valence-corrected chi connectivity index (χ0v) is 13.5. The highest BCUT2D eigenvalue weighted by Crippen LogP contribution is 2.34. The van der Waals surface area contributed by atoms with Gasteiger partial charge in [0.2, 0.25) is 0 Å². The lowest BCUT2D eigenvalue weighted by Crippen LogP contribution is -2.43. The van der Waals surface area contributed by atoms with Crippen molar-refractivity contribution in [3.8, 4) is 0 Å². The predicted molar refractivity (Wildman–Crippen MR) is 90.4 cm³/mol. The maximum Gasteiger partial charge on any atom is 0.339 e. The van der Waals surface area contributed by atoms with Crippen LogP contribution >= 0.6 is 0 Å². The highest BCUT2D eigenvalue weighted by Gasteiger charge is 2.41. The minimum absolute atomic E-state index is 0.0847. The highest BCUT2D eigenvalue weighted by molar-refractivity contribution is 6.05. The lowest BCUT2D eigenvalue weighted by molar-refractivity contribution is -0.137. The van der Waals surface area contributed by atoms with Gasteiger partial charge in [0.1, 0.15) is 0 Å². The smallest absolute Gasteiger partial charge is 0.339 e. The average Bonchev–Trinajstić information content (AvgIpc) is 2.54. The Bertz CT molecular complexity index is 798. The van der Waals surface area contributed by atoms with Gasteiger partial charge in [0.15, 0.2) is 11.4 Å². The largest absolute Gasteiger partial charge is 0.447 e. The molecule has 0 radical (unpaired) electrons. The number of ether oxygens (including phenoxy) is 1. The molecule has 0 saturated carbocycles. The molecule has 3 rings (SSSR count). The van der Waals surface area contributed by atoms with Gasteiger partial charge in [-0.1, -0.05) is 48.0 Å². The van der Waals surface area contributed by atoms with Crippen molar-refractivity contribution in [1.82, 2.24) is 0 Å². The minimum Gasteiger partial charge on any atom is -0.447 e. The van der Waals surface area contributed by atoms with Crippen LogP contribution in [0, 0.1) is 0 Å². The predicted octanol–water partition coefficient (Wildman–Crippen LogP) is 4.45. The summed E-state index contributed by atoms with van der Waals surface area (Å²) >= 11 is 0. The fourth-order valence-corrected chi connectivity index (χ4v) is 3.26. The highest BCUT2D eigenvalue weighted by atomic mass is 16.6.